The minimum Gasteiger partial charge on any atom is -0.458 e. The van der Waals surface area contributed by atoms with Crippen LogP contribution in [0.5, 0.6) is 0 Å². The number of rotatable bonds is 4. The van der Waals surface area contributed by atoms with Gasteiger partial charge in [-0.2, -0.15) is 0 Å². The van der Waals surface area contributed by atoms with Crippen molar-refractivity contribution in [1.29, 1.82) is 0 Å². The van der Waals surface area contributed by atoms with E-state index in [4.69, 9.17) is 4.74 Å². The number of pyridine rings is 1. The number of aryl methyl sites for hydroxylation is 1. The topological polar surface area (TPSA) is 68.5 Å². The molecule has 1 N–H and O–H groups in total. The van der Waals surface area contributed by atoms with Gasteiger partial charge >= 0.3 is 5.97 Å². The van der Waals surface area contributed by atoms with Crippen LogP contribution in [0.25, 0.3) is 0 Å². The van der Waals surface area contributed by atoms with Crippen molar-refractivity contribution in [3.63, 3.8) is 0 Å². The molecule has 0 aliphatic carbocycles. The minimum atomic E-state index is -1.69. The highest BCUT2D eigenvalue weighted by atomic mass is 16.6. The van der Waals surface area contributed by atoms with E-state index < -0.39 is 11.6 Å². The number of hydrogen-bond acceptors (Lipinski definition) is 4. The first-order valence-electron chi connectivity index (χ1n) is 7.09. The first-order valence-corrected chi connectivity index (χ1v) is 7.09. The maximum atomic E-state index is 12.5. The molecular weight excluding hydrogens is 258 g/mol. The monoisotopic (exact) mass is 279 g/mol. The molecule has 5 nitrogen and oxygen atoms in total. The van der Waals surface area contributed by atoms with Crippen molar-refractivity contribution in [1.82, 2.24) is 4.57 Å². The highest BCUT2D eigenvalue weighted by Gasteiger charge is 2.44. The van der Waals surface area contributed by atoms with E-state index >= 15 is 0 Å². The number of nitrogens with zero attached hydrogens (tertiary/aromatic N) is 1. The zero-order valence-electron chi connectivity index (χ0n) is 12.2. The molecule has 0 bridgehead atoms. The fourth-order valence-corrected chi connectivity index (χ4v) is 2.62. The van der Waals surface area contributed by atoms with E-state index in [9.17, 15) is 14.7 Å². The molecule has 0 saturated heterocycles. The number of fused-ring (bicyclic) bond motifs is 1. The lowest BCUT2D eigenvalue weighted by atomic mass is 9.86. The second-order valence-electron chi connectivity index (χ2n) is 5.28. The van der Waals surface area contributed by atoms with E-state index in [-0.39, 0.29) is 18.6 Å². The summed E-state index contributed by atoms with van der Waals surface area (Å²) in [4.78, 5) is 24.3. The van der Waals surface area contributed by atoms with E-state index in [0.29, 0.717) is 17.7 Å². The van der Waals surface area contributed by atoms with Crippen LogP contribution in [0.15, 0.2) is 10.9 Å². The van der Waals surface area contributed by atoms with E-state index in [1.807, 2.05) is 6.92 Å². The zero-order valence-corrected chi connectivity index (χ0v) is 12.2. The molecule has 2 heterocycles. The predicted molar refractivity (Wildman–Crippen MR) is 74.3 cm³/mol. The average Bonchev–Trinajstić information content (AvgIpc) is 2.43. The first kappa shape index (κ1) is 14.8. The molecule has 1 unspecified atom stereocenters. The van der Waals surface area contributed by atoms with Gasteiger partial charge in [-0.1, -0.05) is 20.3 Å². The molecule has 1 aromatic heterocycles. The third kappa shape index (κ3) is 2.16. The van der Waals surface area contributed by atoms with Gasteiger partial charge in [0.25, 0.3) is 5.56 Å². The van der Waals surface area contributed by atoms with Crippen LogP contribution in [0.4, 0.5) is 0 Å². The minimum absolute atomic E-state index is 0.0539. The molecule has 1 aliphatic heterocycles. The Labute approximate surface area is 118 Å². The number of aromatic nitrogens is 1. The van der Waals surface area contributed by atoms with Crippen LogP contribution >= 0.6 is 0 Å². The molecule has 1 aliphatic rings. The molecule has 0 fully saturated rings. The number of carbonyl (C=O) groups excluding carboxylic acids is 1. The van der Waals surface area contributed by atoms with Crippen molar-refractivity contribution in [2.24, 2.45) is 0 Å². The Balaban J connectivity index is 2.60. The van der Waals surface area contributed by atoms with Gasteiger partial charge in [0.05, 0.1) is 5.56 Å². The van der Waals surface area contributed by atoms with Crippen LogP contribution in [0.1, 0.15) is 49.9 Å². The molecule has 0 spiro atoms. The number of esters is 1. The second-order valence-corrected chi connectivity index (χ2v) is 5.28. The maximum Gasteiger partial charge on any atom is 0.343 e. The number of hydrogen-bond donors (Lipinski definition) is 1. The van der Waals surface area contributed by atoms with E-state index in [1.165, 1.54) is 0 Å². The normalized spacial score (nSPS) is 21.5. The third-order valence-corrected chi connectivity index (χ3v) is 3.99. The van der Waals surface area contributed by atoms with Crippen molar-refractivity contribution in [2.75, 3.05) is 0 Å². The summed E-state index contributed by atoms with van der Waals surface area (Å²) in [6.45, 7) is 6.19. The Bertz CT molecular complexity index is 590. The van der Waals surface area contributed by atoms with E-state index in [0.717, 1.165) is 18.5 Å². The molecule has 1 aromatic rings. The number of carbonyl (C=O) groups is 1. The lowest BCUT2D eigenvalue weighted by molar-refractivity contribution is -0.172. The van der Waals surface area contributed by atoms with Crippen molar-refractivity contribution in [2.45, 2.75) is 58.8 Å². The summed E-state index contributed by atoms with van der Waals surface area (Å²) in [5, 5.41) is 10.5. The van der Waals surface area contributed by atoms with Crippen LogP contribution in [0.2, 0.25) is 0 Å². The maximum absolute atomic E-state index is 12.5. The largest absolute Gasteiger partial charge is 0.458 e. The summed E-state index contributed by atoms with van der Waals surface area (Å²) in [6, 6.07) is 1.75. The molecule has 1 atom stereocenters. The molecule has 0 aromatic carbocycles. The summed E-state index contributed by atoms with van der Waals surface area (Å²) >= 11 is 0. The summed E-state index contributed by atoms with van der Waals surface area (Å²) in [6.07, 6.45) is 2.10. The van der Waals surface area contributed by atoms with Gasteiger partial charge in [0.1, 0.15) is 6.61 Å². The molecular formula is C15H21NO4. The van der Waals surface area contributed by atoms with Crippen LogP contribution in [-0.2, 0) is 28.3 Å². The molecule has 0 radical (unpaired) electrons. The van der Waals surface area contributed by atoms with Crippen LogP contribution in [0, 0.1) is 6.92 Å². The smallest absolute Gasteiger partial charge is 0.343 e. The van der Waals surface area contributed by atoms with Gasteiger partial charge in [-0.25, -0.2) is 4.79 Å². The summed E-state index contributed by atoms with van der Waals surface area (Å²) < 4.78 is 6.68. The molecule has 5 heteroatoms. The van der Waals surface area contributed by atoms with Gasteiger partial charge in [0.2, 0.25) is 0 Å². The van der Waals surface area contributed by atoms with Gasteiger partial charge in [-0.15, -0.1) is 0 Å². The van der Waals surface area contributed by atoms with Gasteiger partial charge in [0.15, 0.2) is 5.60 Å². The lowest BCUT2D eigenvalue weighted by Crippen LogP contribution is -2.44. The number of aliphatic hydroxyl groups is 1. The predicted octanol–water partition coefficient (Wildman–Crippen LogP) is 1.61. The number of ether oxygens (including phenoxy) is 1. The Morgan fingerprint density at radius 1 is 1.40 bits per heavy atom. The van der Waals surface area contributed by atoms with Crippen LogP contribution in [0.3, 0.4) is 0 Å². The first-order chi connectivity index (χ1) is 9.45. The quantitative estimate of drug-likeness (QED) is 0.850. The van der Waals surface area contributed by atoms with Crippen LogP contribution in [-0.4, -0.2) is 15.6 Å². The molecule has 2 rings (SSSR count). The Hall–Kier alpha value is -1.62. The van der Waals surface area contributed by atoms with Crippen molar-refractivity contribution >= 4 is 5.97 Å². The number of unbranched alkanes of at least 4 members (excludes halogenated alkanes) is 1. The SMILES string of the molecule is CCCCn1c(C)cc2c(c1=O)COC(=O)C2(O)CC. The fraction of sp³-hybridized carbons (Fsp3) is 0.600. The average molecular weight is 279 g/mol. The highest BCUT2D eigenvalue weighted by molar-refractivity contribution is 5.83. The van der Waals surface area contributed by atoms with Gasteiger partial charge in [0, 0.05) is 17.8 Å². The third-order valence-electron chi connectivity index (χ3n) is 3.99. The summed E-state index contributed by atoms with van der Waals surface area (Å²) in [5.74, 6) is -0.669. The summed E-state index contributed by atoms with van der Waals surface area (Å²) in [5.41, 5.74) is -0.278. The Morgan fingerprint density at radius 2 is 2.10 bits per heavy atom. The Kier molecular flexibility index (Phi) is 3.99. The van der Waals surface area contributed by atoms with Gasteiger partial charge < -0.3 is 14.4 Å². The molecule has 110 valence electrons. The summed E-state index contributed by atoms with van der Waals surface area (Å²) in [7, 11) is 0. The number of cyclic esters (lactones) is 1. The second kappa shape index (κ2) is 5.40. The van der Waals surface area contributed by atoms with E-state index in [2.05, 4.69) is 6.92 Å². The highest BCUT2D eigenvalue weighted by Crippen LogP contribution is 2.33. The van der Waals surface area contributed by atoms with Crippen molar-refractivity contribution in [3.05, 3.63) is 33.2 Å². The van der Waals surface area contributed by atoms with Gasteiger partial charge in [-0.3, -0.25) is 4.79 Å². The van der Waals surface area contributed by atoms with Crippen molar-refractivity contribution in [3.8, 4) is 0 Å². The van der Waals surface area contributed by atoms with Gasteiger partial charge in [-0.05, 0) is 25.8 Å². The standard InChI is InChI=1S/C15H21NO4/c1-4-6-7-16-10(3)8-12-11(13(16)17)9-20-14(18)15(12,19)5-2/h8,19H,4-7,9H2,1-3H3. The Morgan fingerprint density at radius 3 is 2.70 bits per heavy atom. The van der Waals surface area contributed by atoms with Crippen LogP contribution < -0.4 is 5.56 Å². The van der Waals surface area contributed by atoms with E-state index in [1.54, 1.807) is 17.6 Å². The molecule has 0 saturated carbocycles. The molecule has 20 heavy (non-hydrogen) atoms. The zero-order chi connectivity index (χ0) is 14.9. The fourth-order valence-electron chi connectivity index (χ4n) is 2.62. The molecule has 0 amide bonds. The van der Waals surface area contributed by atoms with Crippen molar-refractivity contribution < 1.29 is 14.6 Å². The lowest BCUT2D eigenvalue weighted by Gasteiger charge is -2.32.